The Morgan fingerprint density at radius 1 is 0.882 bits per heavy atom. The van der Waals surface area contributed by atoms with E-state index in [-0.39, 0.29) is 23.1 Å². The average molecular weight is 351 g/mol. The van der Waals surface area contributed by atoms with Crippen molar-refractivity contribution < 1.29 is 74.8 Å². The van der Waals surface area contributed by atoms with Crippen molar-refractivity contribution in [2.75, 3.05) is 6.54 Å². The minimum Gasteiger partial charge on any atom is -0.329 e. The Morgan fingerprint density at radius 2 is 1.06 bits per heavy atom. The van der Waals surface area contributed by atoms with Crippen LogP contribution in [0.1, 0.15) is 13.3 Å². The maximum absolute atomic E-state index is 8.49. The van der Waals surface area contributed by atoms with Gasteiger partial charge in [-0.15, -0.1) is 20.5 Å². The molecule has 0 heterocycles. The summed E-state index contributed by atoms with van der Waals surface area (Å²) in [6.07, 6.45) is 0.983. The van der Waals surface area contributed by atoms with E-state index in [1.165, 1.54) is 0 Å². The third-order valence-corrected chi connectivity index (χ3v) is 0.827. The van der Waals surface area contributed by atoms with Crippen LogP contribution in [0, 0.1) is 20.5 Å². The van der Waals surface area contributed by atoms with E-state index in [9.17, 15) is 0 Å². The predicted octanol–water partition coefficient (Wildman–Crippen LogP) is -9.83. The van der Waals surface area contributed by atoms with Crippen LogP contribution < -0.4 is 48.7 Å². The first-order valence-electron chi connectivity index (χ1n) is 3.50. The van der Waals surface area contributed by atoms with Gasteiger partial charge in [-0.1, -0.05) is 6.92 Å². The van der Waals surface area contributed by atoms with Crippen molar-refractivity contribution in [3.05, 3.63) is 0 Å². The van der Waals surface area contributed by atoms with Crippen molar-refractivity contribution >= 4 is 0 Å². The van der Waals surface area contributed by atoms with E-state index in [1.54, 1.807) is 0 Å². The zero-order chi connectivity index (χ0) is 14.0. The van der Waals surface area contributed by atoms with Crippen LogP contribution in [-0.2, 0) is 17.1 Å². The van der Waals surface area contributed by atoms with Crippen LogP contribution in [0.25, 0.3) is 0 Å². The first-order chi connectivity index (χ1) is 6.81. The molecule has 111 valence electrons. The number of hydrogen-bond donors (Lipinski definition) is 2. The Bertz CT molecular complexity index is 125. The molecule has 0 amide bonds. The summed E-state index contributed by atoms with van der Waals surface area (Å²) in [7, 11) is -9.89. The fourth-order valence-corrected chi connectivity index (χ4v) is 0.167. The van der Waals surface area contributed by atoms with Crippen molar-refractivity contribution in [2.24, 2.45) is 11.5 Å². The van der Waals surface area contributed by atoms with Crippen molar-refractivity contribution in [3.8, 4) is 0 Å². The van der Waals surface area contributed by atoms with Crippen LogP contribution in [0.3, 0.4) is 0 Å². The molecular weight excluding hydrogens is 339 g/mol. The fraction of sp³-hybridized carbons (Fsp3) is 1.00. The van der Waals surface area contributed by atoms with Crippen molar-refractivity contribution in [2.45, 2.75) is 19.4 Å². The molecule has 4 N–H and O–H groups in total. The Balaban J connectivity index is -0.0000000729. The molecule has 10 nitrogen and oxygen atoms in total. The Labute approximate surface area is 112 Å². The summed E-state index contributed by atoms with van der Waals surface area (Å²) >= 11 is 0. The number of halogens is 2. The Kier molecular flexibility index (Phi) is 20.3. The molecule has 1 atom stereocenters. The van der Waals surface area contributed by atoms with E-state index < -0.39 is 20.5 Å². The number of nitrogens with two attached hydrogens (primary N) is 2. The van der Waals surface area contributed by atoms with Crippen molar-refractivity contribution in [1.29, 1.82) is 0 Å². The van der Waals surface area contributed by atoms with Crippen LogP contribution in [0.4, 0.5) is 0 Å². The molecule has 0 aliphatic rings. The molecule has 0 bridgehead atoms. The van der Waals surface area contributed by atoms with Crippen LogP contribution in [0.5, 0.6) is 0 Å². The van der Waals surface area contributed by atoms with Crippen LogP contribution in [0.15, 0.2) is 0 Å². The summed E-state index contributed by atoms with van der Waals surface area (Å²) < 4.78 is 67.9. The van der Waals surface area contributed by atoms with Gasteiger partial charge >= 0.3 is 17.1 Å². The maximum atomic E-state index is 8.49. The number of rotatable bonds is 2. The van der Waals surface area contributed by atoms with E-state index in [4.69, 9.17) is 48.7 Å². The summed E-state index contributed by atoms with van der Waals surface area (Å²) in [5.41, 5.74) is 10.5. The zero-order valence-corrected chi connectivity index (χ0v) is 10.9. The smallest absolute Gasteiger partial charge is 0.329 e. The third-order valence-electron chi connectivity index (χ3n) is 0.827. The molecule has 0 aliphatic carbocycles. The standard InChI is InChI=1S/C4H12N2.2ClHO4.Cu/c1-2-4(6)3-5;2*2-1(3,4)5;/h4H,2-3,5-6H2,1H3;2*(H,2,3,4,5);/q;;;+2/p-2. The van der Waals surface area contributed by atoms with Gasteiger partial charge in [-0.05, 0) is 6.42 Å². The van der Waals surface area contributed by atoms with Gasteiger partial charge in [0.1, 0.15) is 0 Å². The molecule has 1 unspecified atom stereocenters. The second kappa shape index (κ2) is 13.1. The normalized spacial score (nSPS) is 12.2. The van der Waals surface area contributed by atoms with Crippen molar-refractivity contribution in [3.63, 3.8) is 0 Å². The van der Waals surface area contributed by atoms with E-state index in [0.29, 0.717) is 6.54 Å². The summed E-state index contributed by atoms with van der Waals surface area (Å²) in [5, 5.41) is 0. The van der Waals surface area contributed by atoms with Gasteiger partial charge in [-0.25, -0.2) is 37.3 Å². The molecule has 0 aromatic carbocycles. The second-order valence-electron chi connectivity index (χ2n) is 2.16. The molecular formula is C4H12Cl2CuN2O8. The quantitative estimate of drug-likeness (QED) is 0.445. The average Bonchev–Trinajstić information content (AvgIpc) is 1.96. The Hall–Kier alpha value is 0.699. The molecule has 0 fully saturated rings. The predicted molar refractivity (Wildman–Crippen MR) is 27.3 cm³/mol. The first-order valence-corrected chi connectivity index (χ1v) is 5.97. The monoisotopic (exact) mass is 349 g/mol. The van der Waals surface area contributed by atoms with E-state index in [1.807, 2.05) is 6.92 Å². The van der Waals surface area contributed by atoms with Crippen LogP contribution in [0.2, 0.25) is 0 Å². The molecule has 0 saturated heterocycles. The topological polar surface area (TPSA) is 237 Å². The van der Waals surface area contributed by atoms with Gasteiger partial charge in [0.2, 0.25) is 0 Å². The largest absolute Gasteiger partial charge is 2.00 e. The third kappa shape index (κ3) is 163. The fourth-order valence-electron chi connectivity index (χ4n) is 0.167. The zero-order valence-electron chi connectivity index (χ0n) is 8.47. The van der Waals surface area contributed by atoms with Gasteiger partial charge in [-0.2, -0.15) is 0 Å². The summed E-state index contributed by atoms with van der Waals surface area (Å²) in [6, 6.07) is 0.213. The van der Waals surface area contributed by atoms with Gasteiger partial charge in [-0.3, -0.25) is 0 Å². The van der Waals surface area contributed by atoms with E-state index >= 15 is 0 Å². The van der Waals surface area contributed by atoms with Crippen LogP contribution >= 0.6 is 0 Å². The minimum atomic E-state index is -4.94. The first kappa shape index (κ1) is 26.3. The SMILES string of the molecule is CCC(N)CN.[Cu+2].[O-][Cl+3]([O-])([O-])[O-].[O-][Cl+3]([O-])([O-])[O-]. The molecule has 0 aliphatic heterocycles. The van der Waals surface area contributed by atoms with Gasteiger partial charge in [0.05, 0.1) is 0 Å². The minimum absolute atomic E-state index is 0. The van der Waals surface area contributed by atoms with Gasteiger partial charge in [0.15, 0.2) is 0 Å². The van der Waals surface area contributed by atoms with Gasteiger partial charge in [0.25, 0.3) is 0 Å². The molecule has 1 radical (unpaired) electrons. The summed E-state index contributed by atoms with van der Waals surface area (Å²) in [4.78, 5) is 0. The number of hydrogen-bond acceptors (Lipinski definition) is 10. The molecule has 0 aromatic heterocycles. The molecule has 0 aromatic rings. The van der Waals surface area contributed by atoms with E-state index in [0.717, 1.165) is 6.42 Å². The maximum Gasteiger partial charge on any atom is 2.00 e. The van der Waals surface area contributed by atoms with Gasteiger partial charge < -0.3 is 11.5 Å². The molecule has 0 spiro atoms. The molecule has 17 heavy (non-hydrogen) atoms. The molecule has 13 heteroatoms. The van der Waals surface area contributed by atoms with Crippen molar-refractivity contribution in [1.82, 2.24) is 0 Å². The molecule has 0 saturated carbocycles. The second-order valence-corrected chi connectivity index (χ2v) is 3.67. The van der Waals surface area contributed by atoms with E-state index in [2.05, 4.69) is 0 Å². The Morgan fingerprint density at radius 3 is 1.06 bits per heavy atom. The van der Waals surface area contributed by atoms with Gasteiger partial charge in [0, 0.05) is 12.6 Å². The van der Waals surface area contributed by atoms with Crippen LogP contribution in [-0.4, -0.2) is 12.6 Å². The summed E-state index contributed by atoms with van der Waals surface area (Å²) in [6.45, 7) is 2.63. The molecule has 0 rings (SSSR count). The summed E-state index contributed by atoms with van der Waals surface area (Å²) in [5.74, 6) is 0.